The van der Waals surface area contributed by atoms with Gasteiger partial charge in [-0.2, -0.15) is 0 Å². The highest BCUT2D eigenvalue weighted by Gasteiger charge is 2.06. The van der Waals surface area contributed by atoms with Crippen LogP contribution in [0.25, 0.3) is 0 Å². The fourth-order valence-corrected chi connectivity index (χ4v) is 2.92. The maximum Gasteiger partial charge on any atom is 0.225 e. The molecule has 6 heteroatoms. The molecule has 0 radical (unpaired) electrons. The Labute approximate surface area is 130 Å². The van der Waals surface area contributed by atoms with Gasteiger partial charge in [-0.3, -0.25) is 4.79 Å². The van der Waals surface area contributed by atoms with Crippen LogP contribution in [-0.4, -0.2) is 5.91 Å². The molecular weight excluding hydrogens is 325 g/mol. The van der Waals surface area contributed by atoms with Gasteiger partial charge in [0.25, 0.3) is 0 Å². The molecule has 2 nitrogen and oxygen atoms in total. The van der Waals surface area contributed by atoms with E-state index in [-0.39, 0.29) is 5.91 Å². The van der Waals surface area contributed by atoms with Gasteiger partial charge in [0.15, 0.2) is 0 Å². The summed E-state index contributed by atoms with van der Waals surface area (Å²) in [5.74, 6) is -0.0513. The van der Waals surface area contributed by atoms with Crippen LogP contribution in [0.1, 0.15) is 10.4 Å². The molecule has 19 heavy (non-hydrogen) atoms. The number of carbonyl (C=O) groups excluding carboxylic acids is 1. The van der Waals surface area contributed by atoms with Crippen LogP contribution in [0.3, 0.4) is 0 Å². The molecule has 1 aromatic carbocycles. The molecule has 2 rings (SSSR count). The van der Waals surface area contributed by atoms with Crippen molar-refractivity contribution in [3.05, 3.63) is 55.2 Å². The van der Waals surface area contributed by atoms with Gasteiger partial charge in [-0.1, -0.05) is 40.9 Å². The summed E-state index contributed by atoms with van der Waals surface area (Å²) in [7, 11) is 0. The number of hydrogen-bond donors (Lipinski definition) is 1. The van der Waals surface area contributed by atoms with Crippen LogP contribution >= 0.6 is 46.1 Å². The van der Waals surface area contributed by atoms with Crippen molar-refractivity contribution in [1.82, 2.24) is 5.32 Å². The van der Waals surface area contributed by atoms with Crippen molar-refractivity contribution in [2.45, 2.75) is 13.0 Å². The van der Waals surface area contributed by atoms with E-state index in [0.717, 1.165) is 10.4 Å². The zero-order valence-electron chi connectivity index (χ0n) is 9.75. The standard InChI is InChI=1S/C13H10Cl3NOS/c14-10-3-1-8(5-11(10)15)7-17-13(18)6-9-2-4-12(16)19-9/h1-5H,6-7H2,(H,17,18). The van der Waals surface area contributed by atoms with Gasteiger partial charge >= 0.3 is 0 Å². The van der Waals surface area contributed by atoms with E-state index in [4.69, 9.17) is 34.8 Å². The lowest BCUT2D eigenvalue weighted by Crippen LogP contribution is -2.24. The number of amides is 1. The fraction of sp³-hybridized carbons (Fsp3) is 0.154. The molecular formula is C13H10Cl3NOS. The first-order valence-electron chi connectivity index (χ1n) is 5.49. The quantitative estimate of drug-likeness (QED) is 0.872. The van der Waals surface area contributed by atoms with Crippen molar-refractivity contribution in [3.8, 4) is 0 Å². The van der Waals surface area contributed by atoms with E-state index in [1.165, 1.54) is 11.3 Å². The van der Waals surface area contributed by atoms with Gasteiger partial charge in [0.2, 0.25) is 5.91 Å². The predicted octanol–water partition coefficient (Wildman–Crippen LogP) is 4.57. The van der Waals surface area contributed by atoms with Crippen molar-refractivity contribution in [1.29, 1.82) is 0 Å². The summed E-state index contributed by atoms with van der Waals surface area (Å²) in [6.07, 6.45) is 0.332. The molecule has 0 atom stereocenters. The smallest absolute Gasteiger partial charge is 0.225 e. The number of halogens is 3. The maximum atomic E-state index is 11.7. The summed E-state index contributed by atoms with van der Waals surface area (Å²) in [6.45, 7) is 0.425. The SMILES string of the molecule is O=C(Cc1ccc(Cl)s1)NCc1ccc(Cl)c(Cl)c1. The topological polar surface area (TPSA) is 29.1 Å². The van der Waals surface area contributed by atoms with E-state index in [2.05, 4.69) is 5.32 Å². The number of rotatable bonds is 4. The zero-order valence-corrected chi connectivity index (χ0v) is 12.8. The number of benzene rings is 1. The number of carbonyl (C=O) groups is 1. The van der Waals surface area contributed by atoms with Gasteiger partial charge in [0.1, 0.15) is 0 Å². The zero-order chi connectivity index (χ0) is 13.8. The van der Waals surface area contributed by atoms with Gasteiger partial charge in [-0.05, 0) is 29.8 Å². The highest BCUT2D eigenvalue weighted by atomic mass is 35.5. The first-order chi connectivity index (χ1) is 9.04. The van der Waals surface area contributed by atoms with Crippen molar-refractivity contribution in [3.63, 3.8) is 0 Å². The molecule has 0 saturated heterocycles. The number of nitrogens with one attached hydrogen (secondary N) is 1. The Morgan fingerprint density at radius 3 is 2.53 bits per heavy atom. The van der Waals surface area contributed by atoms with E-state index < -0.39 is 0 Å². The van der Waals surface area contributed by atoms with E-state index in [1.54, 1.807) is 18.2 Å². The van der Waals surface area contributed by atoms with Gasteiger partial charge < -0.3 is 5.32 Å². The molecule has 100 valence electrons. The van der Waals surface area contributed by atoms with E-state index in [9.17, 15) is 4.79 Å². The average molecular weight is 335 g/mol. The summed E-state index contributed by atoms with van der Waals surface area (Å²) in [5, 5.41) is 3.82. The summed E-state index contributed by atoms with van der Waals surface area (Å²) >= 11 is 18.9. The van der Waals surface area contributed by atoms with Crippen LogP contribution in [-0.2, 0) is 17.8 Å². The number of thiophene rings is 1. The normalized spacial score (nSPS) is 10.5. The average Bonchev–Trinajstić information content (AvgIpc) is 2.76. The van der Waals surface area contributed by atoms with Gasteiger partial charge in [0, 0.05) is 11.4 Å². The minimum Gasteiger partial charge on any atom is -0.352 e. The van der Waals surface area contributed by atoms with Gasteiger partial charge in [0.05, 0.1) is 20.8 Å². The first-order valence-corrected chi connectivity index (χ1v) is 7.44. The van der Waals surface area contributed by atoms with Crippen LogP contribution in [0.5, 0.6) is 0 Å². The molecule has 0 aliphatic rings. The van der Waals surface area contributed by atoms with Crippen molar-refractivity contribution in [2.24, 2.45) is 0 Å². The molecule has 1 aromatic heterocycles. The van der Waals surface area contributed by atoms with Crippen molar-refractivity contribution < 1.29 is 4.79 Å². The van der Waals surface area contributed by atoms with Gasteiger partial charge in [-0.25, -0.2) is 0 Å². The van der Waals surface area contributed by atoms with Crippen LogP contribution in [0.4, 0.5) is 0 Å². The Hall–Kier alpha value is -0.740. The summed E-state index contributed by atoms with van der Waals surface area (Å²) < 4.78 is 0.687. The summed E-state index contributed by atoms with van der Waals surface area (Å²) in [4.78, 5) is 12.7. The largest absolute Gasteiger partial charge is 0.352 e. The second kappa shape index (κ2) is 6.62. The molecule has 0 aliphatic heterocycles. The Kier molecular flexibility index (Phi) is 5.11. The van der Waals surface area contributed by atoms with Gasteiger partial charge in [-0.15, -0.1) is 11.3 Å². The fourth-order valence-electron chi connectivity index (χ4n) is 1.52. The van der Waals surface area contributed by atoms with E-state index in [0.29, 0.717) is 27.3 Å². The summed E-state index contributed by atoms with van der Waals surface area (Å²) in [6, 6.07) is 8.92. The molecule has 0 unspecified atom stereocenters. The highest BCUT2D eigenvalue weighted by Crippen LogP contribution is 2.23. The molecule has 1 amide bonds. The molecule has 1 heterocycles. The van der Waals surface area contributed by atoms with Crippen LogP contribution in [0.2, 0.25) is 14.4 Å². The van der Waals surface area contributed by atoms with Crippen LogP contribution < -0.4 is 5.32 Å². The third kappa shape index (κ3) is 4.39. The van der Waals surface area contributed by atoms with Crippen molar-refractivity contribution in [2.75, 3.05) is 0 Å². The monoisotopic (exact) mass is 333 g/mol. The minimum atomic E-state index is -0.0513. The summed E-state index contributed by atoms with van der Waals surface area (Å²) in [5.41, 5.74) is 0.909. The Balaban J connectivity index is 1.88. The highest BCUT2D eigenvalue weighted by molar-refractivity contribution is 7.16. The molecule has 0 fully saturated rings. The van der Waals surface area contributed by atoms with Crippen LogP contribution in [0, 0.1) is 0 Å². The maximum absolute atomic E-state index is 11.7. The first kappa shape index (κ1) is 14.7. The molecule has 1 N–H and O–H groups in total. The molecule has 2 aromatic rings. The molecule has 0 spiro atoms. The Bertz CT molecular complexity index is 597. The Morgan fingerprint density at radius 1 is 1.11 bits per heavy atom. The number of hydrogen-bond acceptors (Lipinski definition) is 2. The second-order valence-corrected chi connectivity index (χ2v) is 6.52. The molecule has 0 aliphatic carbocycles. The third-order valence-electron chi connectivity index (χ3n) is 2.44. The van der Waals surface area contributed by atoms with Crippen LogP contribution in [0.15, 0.2) is 30.3 Å². The predicted molar refractivity (Wildman–Crippen MR) is 81.3 cm³/mol. The second-order valence-electron chi connectivity index (χ2n) is 3.91. The van der Waals surface area contributed by atoms with E-state index >= 15 is 0 Å². The lowest BCUT2D eigenvalue weighted by molar-refractivity contribution is -0.120. The molecule has 0 saturated carbocycles. The van der Waals surface area contributed by atoms with E-state index in [1.807, 2.05) is 12.1 Å². The van der Waals surface area contributed by atoms with Crippen molar-refractivity contribution >= 4 is 52.0 Å². The lowest BCUT2D eigenvalue weighted by Gasteiger charge is -2.05. The molecule has 0 bridgehead atoms. The minimum absolute atomic E-state index is 0.0513. The Morgan fingerprint density at radius 2 is 1.89 bits per heavy atom. The lowest BCUT2D eigenvalue weighted by atomic mass is 10.2. The third-order valence-corrected chi connectivity index (χ3v) is 4.41.